The van der Waals surface area contributed by atoms with Crippen LogP contribution >= 0.6 is 0 Å². The molecule has 96 valence electrons. The predicted molar refractivity (Wildman–Crippen MR) is 64.8 cm³/mol. The molecule has 0 spiro atoms. The van der Waals surface area contributed by atoms with Crippen molar-refractivity contribution in [1.82, 2.24) is 14.9 Å². The van der Waals surface area contributed by atoms with Gasteiger partial charge in [0.05, 0.1) is 25.2 Å². The molecule has 1 saturated heterocycles. The van der Waals surface area contributed by atoms with Crippen molar-refractivity contribution in [2.24, 2.45) is 0 Å². The maximum Gasteiger partial charge on any atom is 0.111 e. The topological polar surface area (TPSA) is 48.3 Å². The van der Waals surface area contributed by atoms with Gasteiger partial charge in [0.15, 0.2) is 0 Å². The van der Waals surface area contributed by atoms with E-state index in [0.29, 0.717) is 6.61 Å². The van der Waals surface area contributed by atoms with Crippen LogP contribution in [0.4, 0.5) is 0 Å². The second-order valence-corrected chi connectivity index (χ2v) is 4.51. The zero-order valence-electron chi connectivity index (χ0n) is 10.6. The van der Waals surface area contributed by atoms with Crippen LogP contribution in [0.2, 0.25) is 0 Å². The first kappa shape index (κ1) is 12.5. The zero-order chi connectivity index (χ0) is 12.1. The molecule has 2 heterocycles. The molecule has 5 heteroatoms. The quantitative estimate of drug-likeness (QED) is 0.797. The van der Waals surface area contributed by atoms with Crippen LogP contribution in [0, 0.1) is 0 Å². The Bertz CT molecular complexity index is 345. The lowest BCUT2D eigenvalue weighted by Gasteiger charge is -2.25. The molecule has 2 rings (SSSR count). The molecule has 0 radical (unpaired) electrons. The molecule has 1 aromatic heterocycles. The van der Waals surface area contributed by atoms with E-state index >= 15 is 0 Å². The minimum absolute atomic E-state index is 0.170. The Balaban J connectivity index is 1.95. The third-order valence-corrected chi connectivity index (χ3v) is 3.21. The van der Waals surface area contributed by atoms with Crippen LogP contribution in [-0.4, -0.2) is 42.0 Å². The molecule has 0 aliphatic carbocycles. The fourth-order valence-electron chi connectivity index (χ4n) is 2.11. The van der Waals surface area contributed by atoms with Gasteiger partial charge in [-0.3, -0.25) is 0 Å². The Labute approximate surface area is 102 Å². The third kappa shape index (κ3) is 3.06. The number of hydrogen-bond donors (Lipinski definition) is 1. The van der Waals surface area contributed by atoms with Crippen molar-refractivity contribution in [2.45, 2.75) is 32.0 Å². The Hall–Kier alpha value is -0.910. The van der Waals surface area contributed by atoms with Crippen LogP contribution in [0.3, 0.4) is 0 Å². The zero-order valence-corrected chi connectivity index (χ0v) is 10.6. The summed E-state index contributed by atoms with van der Waals surface area (Å²) in [5.74, 6) is 0. The maximum absolute atomic E-state index is 5.60. The number of hydrogen-bond acceptors (Lipinski definition) is 4. The van der Waals surface area contributed by atoms with E-state index in [1.54, 1.807) is 7.11 Å². The average molecular weight is 239 g/mol. The van der Waals surface area contributed by atoms with Gasteiger partial charge in [-0.05, 0) is 6.54 Å². The lowest BCUT2D eigenvalue weighted by molar-refractivity contribution is -0.0295. The van der Waals surface area contributed by atoms with Gasteiger partial charge in [-0.15, -0.1) is 0 Å². The first-order valence-electron chi connectivity index (χ1n) is 6.12. The van der Waals surface area contributed by atoms with Crippen LogP contribution in [-0.2, 0) is 22.6 Å². The third-order valence-electron chi connectivity index (χ3n) is 3.21. The van der Waals surface area contributed by atoms with Crippen LogP contribution in [0.5, 0.6) is 0 Å². The molecule has 0 bridgehead atoms. The van der Waals surface area contributed by atoms with Gasteiger partial charge in [0.2, 0.25) is 0 Å². The van der Waals surface area contributed by atoms with Crippen molar-refractivity contribution in [3.05, 3.63) is 18.2 Å². The largest absolute Gasteiger partial charge is 0.378 e. The van der Waals surface area contributed by atoms with Crippen molar-refractivity contribution in [3.63, 3.8) is 0 Å². The molecule has 1 fully saturated rings. The first-order chi connectivity index (χ1) is 8.28. The van der Waals surface area contributed by atoms with E-state index < -0.39 is 0 Å². The van der Waals surface area contributed by atoms with E-state index in [1.165, 1.54) is 0 Å². The first-order valence-corrected chi connectivity index (χ1v) is 6.12. The summed E-state index contributed by atoms with van der Waals surface area (Å²) in [6.45, 7) is 6.13. The second kappa shape index (κ2) is 5.62. The normalized spacial score (nSPS) is 24.4. The number of aromatic nitrogens is 2. The fraction of sp³-hybridized carbons (Fsp3) is 0.750. The Morgan fingerprint density at radius 3 is 3.18 bits per heavy atom. The molecule has 17 heavy (non-hydrogen) atoms. The number of imidazole rings is 1. The molecule has 5 nitrogen and oxygen atoms in total. The molecule has 1 aromatic rings. The fourth-order valence-corrected chi connectivity index (χ4v) is 2.11. The maximum atomic E-state index is 5.60. The van der Waals surface area contributed by atoms with Crippen LogP contribution in [0.15, 0.2) is 12.5 Å². The van der Waals surface area contributed by atoms with E-state index in [-0.39, 0.29) is 5.60 Å². The molecule has 1 atom stereocenters. The Morgan fingerprint density at radius 2 is 2.53 bits per heavy atom. The van der Waals surface area contributed by atoms with Gasteiger partial charge in [-0.2, -0.15) is 0 Å². The summed E-state index contributed by atoms with van der Waals surface area (Å²) in [7, 11) is 1.76. The minimum atomic E-state index is -0.170. The summed E-state index contributed by atoms with van der Waals surface area (Å²) in [5.41, 5.74) is 0.896. The van der Waals surface area contributed by atoms with Crippen molar-refractivity contribution >= 4 is 0 Å². The number of nitrogens with zero attached hydrogens (tertiary/aromatic N) is 2. The number of methoxy groups -OCH3 is 1. The summed E-state index contributed by atoms with van der Waals surface area (Å²) < 4.78 is 13.1. The van der Waals surface area contributed by atoms with E-state index in [4.69, 9.17) is 9.47 Å². The molecule has 0 saturated carbocycles. The van der Waals surface area contributed by atoms with Gasteiger partial charge in [-0.1, -0.05) is 6.92 Å². The van der Waals surface area contributed by atoms with Gasteiger partial charge in [0.25, 0.3) is 0 Å². The smallest absolute Gasteiger partial charge is 0.111 e. The summed E-state index contributed by atoms with van der Waals surface area (Å²) in [4.78, 5) is 4.37. The van der Waals surface area contributed by atoms with Gasteiger partial charge < -0.3 is 19.4 Å². The molecule has 0 aromatic carbocycles. The van der Waals surface area contributed by atoms with Gasteiger partial charge in [0.1, 0.15) is 5.60 Å². The molecule has 1 unspecified atom stereocenters. The Morgan fingerprint density at radius 1 is 1.65 bits per heavy atom. The standard InChI is InChI=1S/C12H21N3O2/c1-3-13-6-11-7-15(10-14-11)8-12(16-2)4-5-17-9-12/h7,10,13H,3-6,8-9H2,1-2H3. The highest BCUT2D eigenvalue weighted by atomic mass is 16.5. The lowest BCUT2D eigenvalue weighted by Crippen LogP contribution is -2.36. The molecule has 1 aliphatic rings. The highest BCUT2D eigenvalue weighted by molar-refractivity contribution is 4.98. The van der Waals surface area contributed by atoms with Gasteiger partial charge in [-0.25, -0.2) is 4.98 Å². The van der Waals surface area contributed by atoms with Crippen LogP contribution in [0.25, 0.3) is 0 Å². The number of rotatable bonds is 6. The average Bonchev–Trinajstić information content (AvgIpc) is 2.97. The molecular formula is C12H21N3O2. The van der Waals surface area contributed by atoms with Crippen molar-refractivity contribution in [2.75, 3.05) is 26.9 Å². The monoisotopic (exact) mass is 239 g/mol. The number of ether oxygens (including phenoxy) is 2. The van der Waals surface area contributed by atoms with Crippen molar-refractivity contribution in [3.8, 4) is 0 Å². The SMILES string of the molecule is CCNCc1cn(CC2(OC)CCOC2)cn1. The highest BCUT2D eigenvalue weighted by Crippen LogP contribution is 2.24. The lowest BCUT2D eigenvalue weighted by atomic mass is 10.0. The van der Waals surface area contributed by atoms with Gasteiger partial charge >= 0.3 is 0 Å². The van der Waals surface area contributed by atoms with Crippen LogP contribution in [0.1, 0.15) is 19.0 Å². The molecular weight excluding hydrogens is 218 g/mol. The second-order valence-electron chi connectivity index (χ2n) is 4.51. The summed E-state index contributed by atoms with van der Waals surface area (Å²) >= 11 is 0. The van der Waals surface area contributed by atoms with Gasteiger partial charge in [0, 0.05) is 32.9 Å². The molecule has 0 amide bonds. The summed E-state index contributed by atoms with van der Waals surface area (Å²) in [6.07, 6.45) is 4.89. The molecule has 1 N–H and O–H groups in total. The predicted octanol–water partition coefficient (Wildman–Crippen LogP) is 0.798. The highest BCUT2D eigenvalue weighted by Gasteiger charge is 2.35. The van der Waals surface area contributed by atoms with E-state index in [0.717, 1.165) is 38.4 Å². The summed E-state index contributed by atoms with van der Waals surface area (Å²) in [6, 6.07) is 0. The Kier molecular flexibility index (Phi) is 4.15. The van der Waals surface area contributed by atoms with E-state index in [2.05, 4.69) is 28.0 Å². The van der Waals surface area contributed by atoms with Crippen molar-refractivity contribution in [1.29, 1.82) is 0 Å². The van der Waals surface area contributed by atoms with E-state index in [1.807, 2.05) is 6.33 Å². The van der Waals surface area contributed by atoms with E-state index in [9.17, 15) is 0 Å². The van der Waals surface area contributed by atoms with Crippen LogP contribution < -0.4 is 5.32 Å². The number of nitrogens with one attached hydrogen (secondary N) is 1. The van der Waals surface area contributed by atoms with Crippen molar-refractivity contribution < 1.29 is 9.47 Å². The minimum Gasteiger partial charge on any atom is -0.378 e. The molecule has 1 aliphatic heterocycles. The summed E-state index contributed by atoms with van der Waals surface area (Å²) in [5, 5.41) is 3.26.